The number of esters is 1. The third-order valence-corrected chi connectivity index (χ3v) is 3.36. The van der Waals surface area contributed by atoms with E-state index in [1.54, 1.807) is 7.11 Å². The van der Waals surface area contributed by atoms with Gasteiger partial charge in [-0.1, -0.05) is 6.08 Å². The standard InChI is InChI=1S/C15H19NO3/c1-18-14-8-5-13(6-9-14)16-11-3-4-12(16)7-10-15(17)19-2/h5-10,12H,3-4,11H2,1-2H3/b10-7+/t12-/m1/s1. The van der Waals surface area contributed by atoms with Crippen LogP contribution in [0.15, 0.2) is 36.4 Å². The molecule has 1 atom stereocenters. The first-order chi connectivity index (χ1) is 9.24. The number of methoxy groups -OCH3 is 2. The molecule has 0 bridgehead atoms. The predicted octanol–water partition coefficient (Wildman–Crippen LogP) is 2.39. The molecule has 4 heteroatoms. The van der Waals surface area contributed by atoms with Gasteiger partial charge in [0.15, 0.2) is 0 Å². The molecule has 0 amide bonds. The van der Waals surface area contributed by atoms with E-state index in [1.807, 2.05) is 30.3 Å². The zero-order valence-corrected chi connectivity index (χ0v) is 11.3. The molecule has 102 valence electrons. The summed E-state index contributed by atoms with van der Waals surface area (Å²) in [7, 11) is 3.05. The molecule has 1 aliphatic heterocycles. The Balaban J connectivity index is 2.09. The normalized spacial score (nSPS) is 18.8. The molecule has 19 heavy (non-hydrogen) atoms. The van der Waals surface area contributed by atoms with Crippen LogP contribution < -0.4 is 9.64 Å². The number of benzene rings is 1. The highest BCUT2D eigenvalue weighted by molar-refractivity contribution is 5.82. The van der Waals surface area contributed by atoms with Crippen LogP contribution in [0.3, 0.4) is 0 Å². The van der Waals surface area contributed by atoms with Crippen molar-refractivity contribution in [2.75, 3.05) is 25.7 Å². The van der Waals surface area contributed by atoms with Crippen LogP contribution in [0, 0.1) is 0 Å². The number of hydrogen-bond donors (Lipinski definition) is 0. The summed E-state index contributed by atoms with van der Waals surface area (Å²) in [5, 5.41) is 0. The number of rotatable bonds is 4. The second kappa shape index (κ2) is 6.27. The van der Waals surface area contributed by atoms with E-state index >= 15 is 0 Å². The minimum absolute atomic E-state index is 0.257. The average Bonchev–Trinajstić information content (AvgIpc) is 2.93. The van der Waals surface area contributed by atoms with Crippen LogP contribution in [0.25, 0.3) is 0 Å². The topological polar surface area (TPSA) is 38.8 Å². The first-order valence-electron chi connectivity index (χ1n) is 6.41. The number of anilines is 1. The molecule has 2 rings (SSSR count). The van der Waals surface area contributed by atoms with Crippen molar-refractivity contribution in [3.63, 3.8) is 0 Å². The highest BCUT2D eigenvalue weighted by atomic mass is 16.5. The van der Waals surface area contributed by atoms with Crippen molar-refractivity contribution in [2.24, 2.45) is 0 Å². The second-order valence-electron chi connectivity index (χ2n) is 4.48. The summed E-state index contributed by atoms with van der Waals surface area (Å²) in [6.07, 6.45) is 5.61. The zero-order chi connectivity index (χ0) is 13.7. The monoisotopic (exact) mass is 261 g/mol. The van der Waals surface area contributed by atoms with Crippen LogP contribution in [-0.2, 0) is 9.53 Å². The lowest BCUT2D eigenvalue weighted by Crippen LogP contribution is -2.27. The van der Waals surface area contributed by atoms with E-state index in [0.717, 1.165) is 30.8 Å². The average molecular weight is 261 g/mol. The van der Waals surface area contributed by atoms with E-state index in [1.165, 1.54) is 13.2 Å². The zero-order valence-electron chi connectivity index (χ0n) is 11.3. The molecule has 1 aliphatic rings. The van der Waals surface area contributed by atoms with Gasteiger partial charge in [0.25, 0.3) is 0 Å². The van der Waals surface area contributed by atoms with E-state index in [9.17, 15) is 4.79 Å². The van der Waals surface area contributed by atoms with E-state index in [-0.39, 0.29) is 12.0 Å². The van der Waals surface area contributed by atoms with E-state index < -0.39 is 0 Å². The maximum atomic E-state index is 11.2. The number of carbonyl (C=O) groups is 1. The minimum Gasteiger partial charge on any atom is -0.497 e. The molecule has 1 aromatic carbocycles. The van der Waals surface area contributed by atoms with Crippen molar-refractivity contribution >= 4 is 11.7 Å². The number of ether oxygens (including phenoxy) is 2. The molecule has 0 unspecified atom stereocenters. The van der Waals surface area contributed by atoms with Crippen LogP contribution in [0.1, 0.15) is 12.8 Å². The molecule has 1 aromatic rings. The van der Waals surface area contributed by atoms with Crippen LogP contribution >= 0.6 is 0 Å². The third-order valence-electron chi connectivity index (χ3n) is 3.36. The van der Waals surface area contributed by atoms with Crippen molar-refractivity contribution in [1.29, 1.82) is 0 Å². The molecule has 0 saturated carbocycles. The van der Waals surface area contributed by atoms with Gasteiger partial charge >= 0.3 is 5.97 Å². The lowest BCUT2D eigenvalue weighted by molar-refractivity contribution is -0.134. The summed E-state index contributed by atoms with van der Waals surface area (Å²) < 4.78 is 9.78. The van der Waals surface area contributed by atoms with Gasteiger partial charge in [0.05, 0.1) is 14.2 Å². The van der Waals surface area contributed by atoms with Crippen LogP contribution in [0.2, 0.25) is 0 Å². The van der Waals surface area contributed by atoms with Gasteiger partial charge in [0.2, 0.25) is 0 Å². The molecule has 0 N–H and O–H groups in total. The van der Waals surface area contributed by atoms with Gasteiger partial charge in [-0.05, 0) is 37.1 Å². The molecular weight excluding hydrogens is 242 g/mol. The lowest BCUT2D eigenvalue weighted by Gasteiger charge is -2.24. The molecule has 0 spiro atoms. The van der Waals surface area contributed by atoms with Crippen molar-refractivity contribution in [1.82, 2.24) is 0 Å². The summed E-state index contributed by atoms with van der Waals surface area (Å²) in [5.74, 6) is 0.547. The largest absolute Gasteiger partial charge is 0.497 e. The predicted molar refractivity (Wildman–Crippen MR) is 74.5 cm³/mol. The van der Waals surface area contributed by atoms with Gasteiger partial charge in [-0.3, -0.25) is 0 Å². The maximum absolute atomic E-state index is 11.2. The minimum atomic E-state index is -0.304. The second-order valence-corrected chi connectivity index (χ2v) is 4.48. The summed E-state index contributed by atoms with van der Waals surface area (Å²) in [6, 6.07) is 8.25. The Morgan fingerprint density at radius 1 is 1.32 bits per heavy atom. The van der Waals surface area contributed by atoms with Gasteiger partial charge < -0.3 is 14.4 Å². The molecule has 4 nitrogen and oxygen atoms in total. The summed E-state index contributed by atoms with van der Waals surface area (Å²) >= 11 is 0. The fraction of sp³-hybridized carbons (Fsp3) is 0.400. The summed E-state index contributed by atoms with van der Waals surface area (Å²) in [6.45, 7) is 1.00. The van der Waals surface area contributed by atoms with Crippen molar-refractivity contribution < 1.29 is 14.3 Å². The lowest BCUT2D eigenvalue weighted by atomic mass is 10.2. The van der Waals surface area contributed by atoms with Gasteiger partial charge in [0.1, 0.15) is 5.75 Å². The fourth-order valence-corrected chi connectivity index (χ4v) is 2.34. The molecule has 1 fully saturated rings. The smallest absolute Gasteiger partial charge is 0.330 e. The molecule has 0 aromatic heterocycles. The van der Waals surface area contributed by atoms with Crippen LogP contribution in [-0.4, -0.2) is 32.8 Å². The Hall–Kier alpha value is -1.97. The fourth-order valence-electron chi connectivity index (χ4n) is 2.34. The van der Waals surface area contributed by atoms with Crippen molar-refractivity contribution in [2.45, 2.75) is 18.9 Å². The Labute approximate surface area is 113 Å². The molecule has 1 heterocycles. The third kappa shape index (κ3) is 3.28. The van der Waals surface area contributed by atoms with Crippen molar-refractivity contribution in [3.05, 3.63) is 36.4 Å². The Kier molecular flexibility index (Phi) is 4.44. The highest BCUT2D eigenvalue weighted by Crippen LogP contribution is 2.27. The molecule has 1 saturated heterocycles. The van der Waals surface area contributed by atoms with Crippen molar-refractivity contribution in [3.8, 4) is 5.75 Å². The number of carbonyl (C=O) groups excluding carboxylic acids is 1. The number of nitrogens with zero attached hydrogens (tertiary/aromatic N) is 1. The van der Waals surface area contributed by atoms with Gasteiger partial charge in [0, 0.05) is 24.4 Å². The van der Waals surface area contributed by atoms with E-state index in [4.69, 9.17) is 4.74 Å². The van der Waals surface area contributed by atoms with Gasteiger partial charge in [-0.25, -0.2) is 4.79 Å². The Morgan fingerprint density at radius 2 is 2.05 bits per heavy atom. The van der Waals surface area contributed by atoms with E-state index in [2.05, 4.69) is 9.64 Å². The maximum Gasteiger partial charge on any atom is 0.330 e. The SMILES string of the molecule is COC(=O)/C=C/[C@H]1CCCN1c1ccc(OC)cc1. The van der Waals surface area contributed by atoms with Crippen LogP contribution in [0.5, 0.6) is 5.75 Å². The van der Waals surface area contributed by atoms with E-state index in [0.29, 0.717) is 0 Å². The highest BCUT2D eigenvalue weighted by Gasteiger charge is 2.22. The number of hydrogen-bond acceptors (Lipinski definition) is 4. The quantitative estimate of drug-likeness (QED) is 0.616. The Bertz CT molecular complexity index is 453. The first kappa shape index (κ1) is 13.5. The molecule has 0 aliphatic carbocycles. The first-order valence-corrected chi connectivity index (χ1v) is 6.41. The van der Waals surface area contributed by atoms with Crippen LogP contribution in [0.4, 0.5) is 5.69 Å². The molecular formula is C15H19NO3. The summed E-state index contributed by atoms with van der Waals surface area (Å²) in [4.78, 5) is 13.4. The Morgan fingerprint density at radius 3 is 2.68 bits per heavy atom. The molecule has 0 radical (unpaired) electrons. The van der Waals surface area contributed by atoms with Gasteiger partial charge in [-0.2, -0.15) is 0 Å². The summed E-state index contributed by atoms with van der Waals surface area (Å²) in [5.41, 5.74) is 1.15. The van der Waals surface area contributed by atoms with Gasteiger partial charge in [-0.15, -0.1) is 0 Å².